The van der Waals surface area contributed by atoms with E-state index in [9.17, 15) is 9.90 Å². The van der Waals surface area contributed by atoms with Crippen molar-refractivity contribution in [2.75, 3.05) is 7.11 Å². The molecule has 0 spiro atoms. The number of carboxylic acids is 1. The highest BCUT2D eigenvalue weighted by atomic mass is 16.5. The highest BCUT2D eigenvalue weighted by Crippen LogP contribution is 2.26. The number of ether oxygens (including phenoxy) is 1. The van der Waals surface area contributed by atoms with Crippen molar-refractivity contribution in [2.45, 2.75) is 51.8 Å². The molecule has 0 aromatic heterocycles. The summed E-state index contributed by atoms with van der Waals surface area (Å²) in [6.45, 7) is 5.87. The van der Waals surface area contributed by atoms with Crippen LogP contribution in [0, 0.1) is 6.92 Å². The first-order valence-corrected chi connectivity index (χ1v) is 7.19. The molecule has 0 radical (unpaired) electrons. The minimum absolute atomic E-state index is 0.128. The Balaban J connectivity index is 2.97. The van der Waals surface area contributed by atoms with Gasteiger partial charge in [0.2, 0.25) is 0 Å². The molecule has 0 amide bonds. The van der Waals surface area contributed by atoms with E-state index in [2.05, 4.69) is 5.32 Å². The van der Waals surface area contributed by atoms with Crippen LogP contribution in [0.3, 0.4) is 0 Å². The SMILES string of the molecule is CCC(C)NC(CC(=O)O)C(O)c1ccc(OC)cc1C. The molecule has 0 heterocycles. The summed E-state index contributed by atoms with van der Waals surface area (Å²) < 4.78 is 5.15. The summed E-state index contributed by atoms with van der Waals surface area (Å²) in [4.78, 5) is 11.0. The molecule has 0 saturated heterocycles. The summed E-state index contributed by atoms with van der Waals surface area (Å²) >= 11 is 0. The number of hydrogen-bond donors (Lipinski definition) is 3. The van der Waals surface area contributed by atoms with Crippen LogP contribution in [0.1, 0.15) is 43.9 Å². The van der Waals surface area contributed by atoms with Crippen molar-refractivity contribution in [1.29, 1.82) is 0 Å². The van der Waals surface area contributed by atoms with E-state index in [0.717, 1.165) is 17.5 Å². The molecule has 118 valence electrons. The van der Waals surface area contributed by atoms with Crippen molar-refractivity contribution in [3.05, 3.63) is 29.3 Å². The molecule has 21 heavy (non-hydrogen) atoms. The minimum atomic E-state index is -0.930. The zero-order valence-corrected chi connectivity index (χ0v) is 13.1. The Hall–Kier alpha value is -1.59. The van der Waals surface area contributed by atoms with Gasteiger partial charge in [-0.15, -0.1) is 0 Å². The fourth-order valence-corrected chi connectivity index (χ4v) is 2.26. The first kappa shape index (κ1) is 17.5. The molecule has 0 fully saturated rings. The number of benzene rings is 1. The van der Waals surface area contributed by atoms with Gasteiger partial charge in [-0.2, -0.15) is 0 Å². The van der Waals surface area contributed by atoms with Crippen LogP contribution in [0.2, 0.25) is 0 Å². The van der Waals surface area contributed by atoms with Gasteiger partial charge in [-0.25, -0.2) is 0 Å². The molecule has 5 heteroatoms. The van der Waals surface area contributed by atoms with Crippen LogP contribution >= 0.6 is 0 Å². The maximum atomic E-state index is 11.0. The molecule has 0 aliphatic heterocycles. The Morgan fingerprint density at radius 2 is 2.10 bits per heavy atom. The van der Waals surface area contributed by atoms with Crippen molar-refractivity contribution >= 4 is 5.97 Å². The third-order valence-corrected chi connectivity index (χ3v) is 3.68. The molecule has 1 rings (SSSR count). The van der Waals surface area contributed by atoms with E-state index >= 15 is 0 Å². The van der Waals surface area contributed by atoms with Crippen LogP contribution in [0.4, 0.5) is 0 Å². The average molecular weight is 295 g/mol. The van der Waals surface area contributed by atoms with Crippen LogP contribution in [0.15, 0.2) is 18.2 Å². The summed E-state index contributed by atoms with van der Waals surface area (Å²) in [5.41, 5.74) is 1.60. The standard InChI is InChI=1S/C16H25NO4/c1-5-11(3)17-14(9-15(18)19)16(20)13-7-6-12(21-4)8-10(13)2/h6-8,11,14,16-17,20H,5,9H2,1-4H3,(H,18,19). The third-order valence-electron chi connectivity index (χ3n) is 3.68. The fraction of sp³-hybridized carbons (Fsp3) is 0.562. The lowest BCUT2D eigenvalue weighted by molar-refractivity contribution is -0.138. The summed E-state index contributed by atoms with van der Waals surface area (Å²) in [7, 11) is 1.59. The number of carbonyl (C=O) groups is 1. The van der Waals surface area contributed by atoms with Gasteiger partial charge in [0, 0.05) is 12.1 Å². The van der Waals surface area contributed by atoms with Crippen LogP contribution in [-0.4, -0.2) is 35.4 Å². The molecule has 0 bridgehead atoms. The lowest BCUT2D eigenvalue weighted by Gasteiger charge is -2.27. The molecule has 0 saturated carbocycles. The second-order valence-corrected chi connectivity index (χ2v) is 5.35. The van der Waals surface area contributed by atoms with Crippen molar-refractivity contribution in [1.82, 2.24) is 5.32 Å². The van der Waals surface area contributed by atoms with Crippen molar-refractivity contribution in [3.63, 3.8) is 0 Å². The van der Waals surface area contributed by atoms with E-state index in [0.29, 0.717) is 5.75 Å². The van der Waals surface area contributed by atoms with Crippen LogP contribution in [0.5, 0.6) is 5.75 Å². The largest absolute Gasteiger partial charge is 0.497 e. The minimum Gasteiger partial charge on any atom is -0.497 e. The number of nitrogens with one attached hydrogen (secondary N) is 1. The van der Waals surface area contributed by atoms with Gasteiger partial charge in [0.25, 0.3) is 0 Å². The topological polar surface area (TPSA) is 78.8 Å². The van der Waals surface area contributed by atoms with E-state index < -0.39 is 18.1 Å². The summed E-state index contributed by atoms with van der Waals surface area (Å²) in [5, 5.41) is 22.8. The normalized spacial score (nSPS) is 15.3. The smallest absolute Gasteiger partial charge is 0.305 e. The number of hydrogen-bond acceptors (Lipinski definition) is 4. The number of aliphatic hydroxyl groups excluding tert-OH is 1. The molecule has 1 aromatic carbocycles. The van der Waals surface area contributed by atoms with E-state index in [1.165, 1.54) is 0 Å². The van der Waals surface area contributed by atoms with Gasteiger partial charge in [0.05, 0.1) is 19.6 Å². The number of aliphatic carboxylic acids is 1. The zero-order valence-electron chi connectivity index (χ0n) is 13.1. The molecule has 0 aliphatic carbocycles. The van der Waals surface area contributed by atoms with Gasteiger partial charge < -0.3 is 20.3 Å². The lowest BCUT2D eigenvalue weighted by atomic mass is 9.95. The van der Waals surface area contributed by atoms with Crippen LogP contribution in [0.25, 0.3) is 0 Å². The number of rotatable bonds is 8. The van der Waals surface area contributed by atoms with Crippen LogP contribution in [-0.2, 0) is 4.79 Å². The predicted molar refractivity (Wildman–Crippen MR) is 81.6 cm³/mol. The molecule has 1 aromatic rings. The molecule has 3 N–H and O–H groups in total. The lowest BCUT2D eigenvalue weighted by Crippen LogP contribution is -2.42. The predicted octanol–water partition coefficient (Wildman–Crippen LogP) is 2.27. The van der Waals surface area contributed by atoms with E-state index in [1.54, 1.807) is 19.2 Å². The number of aliphatic hydroxyl groups is 1. The Morgan fingerprint density at radius 3 is 2.57 bits per heavy atom. The van der Waals surface area contributed by atoms with Crippen molar-refractivity contribution in [2.24, 2.45) is 0 Å². The summed E-state index contributed by atoms with van der Waals surface area (Å²) in [6.07, 6.45) is -0.137. The maximum Gasteiger partial charge on any atom is 0.305 e. The van der Waals surface area contributed by atoms with Crippen molar-refractivity contribution in [3.8, 4) is 5.75 Å². The van der Waals surface area contributed by atoms with Gasteiger partial charge >= 0.3 is 5.97 Å². The second kappa shape index (κ2) is 8.00. The van der Waals surface area contributed by atoms with Gasteiger partial charge in [-0.3, -0.25) is 4.79 Å². The van der Waals surface area contributed by atoms with E-state index in [1.807, 2.05) is 26.8 Å². The number of aryl methyl sites for hydroxylation is 1. The van der Waals surface area contributed by atoms with Gasteiger partial charge in [-0.1, -0.05) is 13.0 Å². The molecule has 0 aliphatic rings. The Bertz CT molecular complexity index is 475. The molecule has 5 nitrogen and oxygen atoms in total. The average Bonchev–Trinajstić information content (AvgIpc) is 2.45. The number of carboxylic acid groups (broad SMARTS) is 1. The molecule has 3 unspecified atom stereocenters. The fourth-order valence-electron chi connectivity index (χ4n) is 2.26. The van der Waals surface area contributed by atoms with Crippen LogP contribution < -0.4 is 10.1 Å². The zero-order chi connectivity index (χ0) is 16.0. The highest BCUT2D eigenvalue weighted by molar-refractivity contribution is 5.67. The Morgan fingerprint density at radius 1 is 1.43 bits per heavy atom. The summed E-state index contributed by atoms with van der Waals surface area (Å²) in [5.74, 6) is -0.214. The monoisotopic (exact) mass is 295 g/mol. The van der Waals surface area contributed by atoms with Gasteiger partial charge in [0.1, 0.15) is 5.75 Å². The van der Waals surface area contributed by atoms with Gasteiger partial charge in [-0.05, 0) is 43.5 Å². The van der Waals surface area contributed by atoms with E-state index in [4.69, 9.17) is 9.84 Å². The first-order chi connectivity index (χ1) is 9.88. The molecular weight excluding hydrogens is 270 g/mol. The van der Waals surface area contributed by atoms with Crippen molar-refractivity contribution < 1.29 is 19.7 Å². The first-order valence-electron chi connectivity index (χ1n) is 7.19. The molecule has 3 atom stereocenters. The summed E-state index contributed by atoms with van der Waals surface area (Å²) in [6, 6.07) is 5.00. The van der Waals surface area contributed by atoms with E-state index in [-0.39, 0.29) is 12.5 Å². The third kappa shape index (κ3) is 5.02. The maximum absolute atomic E-state index is 11.0. The quantitative estimate of drug-likeness (QED) is 0.685. The Labute approximate surface area is 125 Å². The highest BCUT2D eigenvalue weighted by Gasteiger charge is 2.25. The van der Waals surface area contributed by atoms with Gasteiger partial charge in [0.15, 0.2) is 0 Å². The number of methoxy groups -OCH3 is 1. The Kier molecular flexibility index (Phi) is 6.65. The molecular formula is C16H25NO4. The second-order valence-electron chi connectivity index (χ2n) is 5.35.